The minimum atomic E-state index is -0.613. The lowest BCUT2D eigenvalue weighted by atomic mass is 10.1. The molecule has 0 saturated heterocycles. The lowest BCUT2D eigenvalue weighted by Crippen LogP contribution is -2.29. The van der Waals surface area contributed by atoms with E-state index in [-0.39, 0.29) is 24.9 Å². The van der Waals surface area contributed by atoms with Crippen LogP contribution in [0.2, 0.25) is 0 Å². The molecule has 9 heteroatoms. The van der Waals surface area contributed by atoms with Gasteiger partial charge in [-0.15, -0.1) is 5.10 Å². The highest BCUT2D eigenvalue weighted by atomic mass is 16.5. The van der Waals surface area contributed by atoms with Crippen LogP contribution in [0.5, 0.6) is 5.75 Å². The summed E-state index contributed by atoms with van der Waals surface area (Å²) in [5.74, 6) is 0.830. The van der Waals surface area contributed by atoms with Crippen molar-refractivity contribution < 1.29 is 19.1 Å². The van der Waals surface area contributed by atoms with E-state index in [1.807, 2.05) is 24.3 Å². The van der Waals surface area contributed by atoms with E-state index < -0.39 is 6.09 Å². The highest BCUT2D eigenvalue weighted by molar-refractivity contribution is 5.83. The van der Waals surface area contributed by atoms with Crippen LogP contribution in [-0.2, 0) is 22.5 Å². The molecular formula is C16H21N5O4. The van der Waals surface area contributed by atoms with Crippen molar-refractivity contribution >= 4 is 17.8 Å². The van der Waals surface area contributed by atoms with E-state index in [0.717, 1.165) is 11.3 Å². The molecule has 2 amide bonds. The van der Waals surface area contributed by atoms with Crippen molar-refractivity contribution in [1.82, 2.24) is 20.3 Å². The Morgan fingerprint density at radius 3 is 2.68 bits per heavy atom. The largest absolute Gasteiger partial charge is 0.497 e. The number of methoxy groups -OCH3 is 1. The maximum Gasteiger partial charge on any atom is 0.412 e. The van der Waals surface area contributed by atoms with Crippen LogP contribution in [0, 0.1) is 0 Å². The molecule has 2 N–H and O–H groups in total. The third-order valence-corrected chi connectivity index (χ3v) is 3.24. The van der Waals surface area contributed by atoms with Gasteiger partial charge in [-0.2, -0.15) is 0 Å². The number of anilines is 1. The average molecular weight is 347 g/mol. The third kappa shape index (κ3) is 6.13. The van der Waals surface area contributed by atoms with Crippen molar-refractivity contribution in [1.29, 1.82) is 0 Å². The summed E-state index contributed by atoms with van der Waals surface area (Å²) in [5, 5.41) is 12.7. The van der Waals surface area contributed by atoms with Crippen LogP contribution < -0.4 is 15.4 Å². The van der Waals surface area contributed by atoms with Gasteiger partial charge in [0.15, 0.2) is 5.82 Å². The van der Waals surface area contributed by atoms with Crippen LogP contribution in [0.15, 0.2) is 30.5 Å². The summed E-state index contributed by atoms with van der Waals surface area (Å²) in [6, 6.07) is 7.67. The number of carbonyl (C=O) groups is 2. The lowest BCUT2D eigenvalue weighted by Gasteiger charge is -2.06. The lowest BCUT2D eigenvalue weighted by molar-refractivity contribution is -0.121. The molecule has 0 atom stereocenters. The van der Waals surface area contributed by atoms with Crippen molar-refractivity contribution in [2.24, 2.45) is 0 Å². The topological polar surface area (TPSA) is 107 Å². The van der Waals surface area contributed by atoms with Crippen molar-refractivity contribution in [3.63, 3.8) is 0 Å². The number of amides is 2. The number of benzene rings is 1. The Labute approximate surface area is 145 Å². The molecule has 1 aromatic carbocycles. The molecular weight excluding hydrogens is 326 g/mol. The van der Waals surface area contributed by atoms with Gasteiger partial charge in [0.2, 0.25) is 5.91 Å². The van der Waals surface area contributed by atoms with Crippen molar-refractivity contribution in [3.8, 4) is 5.75 Å². The number of rotatable bonds is 8. The second-order valence-corrected chi connectivity index (χ2v) is 5.09. The normalized spacial score (nSPS) is 10.2. The molecule has 25 heavy (non-hydrogen) atoms. The van der Waals surface area contributed by atoms with Gasteiger partial charge in [0, 0.05) is 6.54 Å². The molecule has 0 bridgehead atoms. The fourth-order valence-corrected chi connectivity index (χ4v) is 2.05. The molecule has 0 aliphatic heterocycles. The summed E-state index contributed by atoms with van der Waals surface area (Å²) in [5.41, 5.74) is 1.10. The Hall–Kier alpha value is -3.10. The van der Waals surface area contributed by atoms with Crippen LogP contribution in [0.4, 0.5) is 10.6 Å². The molecule has 2 aromatic rings. The second-order valence-electron chi connectivity index (χ2n) is 5.09. The Morgan fingerprint density at radius 1 is 1.24 bits per heavy atom. The molecule has 134 valence electrons. The molecule has 1 aromatic heterocycles. The Balaban J connectivity index is 1.72. The first-order valence-corrected chi connectivity index (χ1v) is 7.84. The zero-order valence-electron chi connectivity index (χ0n) is 14.2. The standard InChI is InChI=1S/C16H21N5O4/c1-3-25-16(23)18-14-10-21(20-19-14)11-15(22)17-9-8-12-4-6-13(24-2)7-5-12/h4-7,10H,3,8-9,11H2,1-2H3,(H,17,22)(H,18,23). The molecule has 0 aliphatic rings. The number of hydrogen-bond donors (Lipinski definition) is 2. The fraction of sp³-hybridized carbons (Fsp3) is 0.375. The second kappa shape index (κ2) is 9.26. The summed E-state index contributed by atoms with van der Waals surface area (Å²) in [6.07, 6.45) is 1.56. The molecule has 0 saturated carbocycles. The SMILES string of the molecule is CCOC(=O)Nc1cn(CC(=O)NCCc2ccc(OC)cc2)nn1. The first-order valence-electron chi connectivity index (χ1n) is 7.84. The maximum absolute atomic E-state index is 11.9. The highest BCUT2D eigenvalue weighted by Crippen LogP contribution is 2.11. The van der Waals surface area contributed by atoms with Gasteiger partial charge in [0.05, 0.1) is 19.9 Å². The molecule has 0 fully saturated rings. The molecule has 0 spiro atoms. The summed E-state index contributed by atoms with van der Waals surface area (Å²) in [4.78, 5) is 23.2. The van der Waals surface area contributed by atoms with Crippen molar-refractivity contribution in [2.45, 2.75) is 19.9 Å². The number of hydrogen-bond acceptors (Lipinski definition) is 6. The zero-order chi connectivity index (χ0) is 18.1. The summed E-state index contributed by atoms with van der Waals surface area (Å²) in [7, 11) is 1.62. The van der Waals surface area contributed by atoms with Crippen LogP contribution in [0.3, 0.4) is 0 Å². The molecule has 2 rings (SSSR count). The Morgan fingerprint density at radius 2 is 2.00 bits per heavy atom. The van der Waals surface area contributed by atoms with Gasteiger partial charge >= 0.3 is 6.09 Å². The first kappa shape index (κ1) is 18.2. The first-order chi connectivity index (χ1) is 12.1. The molecule has 1 heterocycles. The predicted molar refractivity (Wildman–Crippen MR) is 90.4 cm³/mol. The van der Waals surface area contributed by atoms with E-state index in [1.165, 1.54) is 10.9 Å². The van der Waals surface area contributed by atoms with E-state index in [2.05, 4.69) is 20.9 Å². The maximum atomic E-state index is 11.9. The molecule has 0 aliphatic carbocycles. The quantitative estimate of drug-likeness (QED) is 0.743. The predicted octanol–water partition coefficient (Wildman–Crippen LogP) is 1.21. The number of ether oxygens (including phenoxy) is 2. The number of nitrogens with one attached hydrogen (secondary N) is 2. The summed E-state index contributed by atoms with van der Waals surface area (Å²) >= 11 is 0. The van der Waals surface area contributed by atoms with Gasteiger partial charge in [-0.1, -0.05) is 17.3 Å². The van der Waals surface area contributed by atoms with E-state index in [1.54, 1.807) is 14.0 Å². The molecule has 0 unspecified atom stereocenters. The third-order valence-electron chi connectivity index (χ3n) is 3.24. The van der Waals surface area contributed by atoms with Crippen LogP contribution in [-0.4, -0.2) is 47.3 Å². The van der Waals surface area contributed by atoms with Gasteiger partial charge in [-0.05, 0) is 31.0 Å². The van der Waals surface area contributed by atoms with Gasteiger partial charge in [0.25, 0.3) is 0 Å². The van der Waals surface area contributed by atoms with E-state index in [9.17, 15) is 9.59 Å². The smallest absolute Gasteiger partial charge is 0.412 e. The molecule has 9 nitrogen and oxygen atoms in total. The van der Waals surface area contributed by atoms with Gasteiger partial charge in [-0.25, -0.2) is 9.48 Å². The average Bonchev–Trinajstić information content (AvgIpc) is 3.02. The minimum absolute atomic E-state index is 0.0140. The highest BCUT2D eigenvalue weighted by Gasteiger charge is 2.08. The van der Waals surface area contributed by atoms with E-state index in [0.29, 0.717) is 13.0 Å². The number of carbonyl (C=O) groups excluding carboxylic acids is 2. The van der Waals surface area contributed by atoms with Gasteiger partial charge in [-0.3, -0.25) is 10.1 Å². The van der Waals surface area contributed by atoms with Crippen molar-refractivity contribution in [3.05, 3.63) is 36.0 Å². The van der Waals surface area contributed by atoms with Crippen LogP contribution >= 0.6 is 0 Å². The van der Waals surface area contributed by atoms with Gasteiger partial charge < -0.3 is 14.8 Å². The van der Waals surface area contributed by atoms with E-state index >= 15 is 0 Å². The number of nitrogens with zero attached hydrogens (tertiary/aromatic N) is 3. The van der Waals surface area contributed by atoms with Crippen LogP contribution in [0.25, 0.3) is 0 Å². The summed E-state index contributed by atoms with van der Waals surface area (Å²) < 4.78 is 11.2. The van der Waals surface area contributed by atoms with Gasteiger partial charge in [0.1, 0.15) is 12.3 Å². The Bertz CT molecular complexity index is 699. The number of aromatic nitrogens is 3. The monoisotopic (exact) mass is 347 g/mol. The van der Waals surface area contributed by atoms with Crippen LogP contribution in [0.1, 0.15) is 12.5 Å². The Kier molecular flexibility index (Phi) is 6.76. The minimum Gasteiger partial charge on any atom is -0.497 e. The zero-order valence-corrected chi connectivity index (χ0v) is 14.2. The van der Waals surface area contributed by atoms with Crippen molar-refractivity contribution in [2.75, 3.05) is 25.6 Å². The van der Waals surface area contributed by atoms with E-state index in [4.69, 9.17) is 9.47 Å². The molecule has 0 radical (unpaired) electrons. The summed E-state index contributed by atoms with van der Waals surface area (Å²) in [6.45, 7) is 2.48. The fourth-order valence-electron chi connectivity index (χ4n) is 2.05.